The van der Waals surface area contributed by atoms with Crippen molar-refractivity contribution >= 4 is 22.6 Å². The zero-order valence-electron chi connectivity index (χ0n) is 14.1. The summed E-state index contributed by atoms with van der Waals surface area (Å²) in [5.74, 6) is -0.148. The molecule has 0 bridgehead atoms. The summed E-state index contributed by atoms with van der Waals surface area (Å²) in [4.78, 5) is 25.9. The second-order valence-electron chi connectivity index (χ2n) is 7.16. The Balaban J connectivity index is 1.46. The lowest BCUT2D eigenvalue weighted by atomic mass is 9.86. The SMILES string of the molecule is O=C1CCC2(CCN(C(=O)[C@H](O)c3ccc4ccccc4c3)CC2)N1. The number of nitrogens with one attached hydrogen (secondary N) is 1. The average Bonchev–Trinajstić information content (AvgIpc) is 3.01. The molecule has 5 heteroatoms. The lowest BCUT2D eigenvalue weighted by Gasteiger charge is -2.39. The first kappa shape index (κ1) is 16.1. The van der Waals surface area contributed by atoms with Crippen molar-refractivity contribution in [1.29, 1.82) is 0 Å². The Kier molecular flexibility index (Phi) is 3.96. The molecule has 2 heterocycles. The van der Waals surface area contributed by atoms with E-state index in [1.807, 2.05) is 42.5 Å². The summed E-state index contributed by atoms with van der Waals surface area (Å²) < 4.78 is 0. The van der Waals surface area contributed by atoms with Crippen LogP contribution in [0.1, 0.15) is 37.4 Å². The molecular formula is C20H22N2O3. The van der Waals surface area contributed by atoms with Gasteiger partial charge in [0.25, 0.3) is 5.91 Å². The normalized spacial score (nSPS) is 20.7. The minimum Gasteiger partial charge on any atom is -0.378 e. The number of likely N-dealkylation sites (tertiary alicyclic amines) is 1. The van der Waals surface area contributed by atoms with Crippen LogP contribution in [0.3, 0.4) is 0 Å². The van der Waals surface area contributed by atoms with E-state index in [2.05, 4.69) is 5.32 Å². The van der Waals surface area contributed by atoms with E-state index >= 15 is 0 Å². The number of amides is 2. The number of piperidine rings is 1. The fraction of sp³-hybridized carbons (Fsp3) is 0.400. The smallest absolute Gasteiger partial charge is 0.256 e. The van der Waals surface area contributed by atoms with Crippen LogP contribution in [0.2, 0.25) is 0 Å². The number of benzene rings is 2. The van der Waals surface area contributed by atoms with Crippen LogP contribution in [-0.2, 0) is 9.59 Å². The maximum absolute atomic E-state index is 12.7. The van der Waals surface area contributed by atoms with Gasteiger partial charge in [-0.05, 0) is 41.7 Å². The van der Waals surface area contributed by atoms with Gasteiger partial charge in [-0.15, -0.1) is 0 Å². The highest BCUT2D eigenvalue weighted by Gasteiger charge is 2.41. The Morgan fingerprint density at radius 1 is 1.08 bits per heavy atom. The molecule has 2 aliphatic rings. The van der Waals surface area contributed by atoms with Gasteiger partial charge in [0.15, 0.2) is 6.10 Å². The van der Waals surface area contributed by atoms with Crippen LogP contribution in [0.4, 0.5) is 0 Å². The molecule has 130 valence electrons. The molecule has 1 atom stereocenters. The number of aliphatic hydroxyl groups is 1. The van der Waals surface area contributed by atoms with Gasteiger partial charge in [-0.3, -0.25) is 9.59 Å². The van der Waals surface area contributed by atoms with Crippen LogP contribution >= 0.6 is 0 Å². The Labute approximate surface area is 146 Å². The molecule has 0 unspecified atom stereocenters. The second kappa shape index (κ2) is 6.15. The van der Waals surface area contributed by atoms with Gasteiger partial charge in [-0.2, -0.15) is 0 Å². The van der Waals surface area contributed by atoms with E-state index < -0.39 is 6.10 Å². The topological polar surface area (TPSA) is 69.6 Å². The van der Waals surface area contributed by atoms with Gasteiger partial charge in [0.2, 0.25) is 5.91 Å². The average molecular weight is 338 g/mol. The molecule has 2 aromatic carbocycles. The molecule has 5 nitrogen and oxygen atoms in total. The molecule has 2 aliphatic heterocycles. The molecule has 0 aromatic heterocycles. The van der Waals surface area contributed by atoms with Crippen LogP contribution < -0.4 is 5.32 Å². The van der Waals surface area contributed by atoms with Crippen molar-refractivity contribution < 1.29 is 14.7 Å². The molecule has 2 amide bonds. The number of nitrogens with zero attached hydrogens (tertiary/aromatic N) is 1. The Bertz CT molecular complexity index is 825. The van der Waals surface area contributed by atoms with Crippen LogP contribution in [0.15, 0.2) is 42.5 Å². The third-order valence-electron chi connectivity index (χ3n) is 5.59. The maximum atomic E-state index is 12.7. The zero-order chi connectivity index (χ0) is 17.4. The Hall–Kier alpha value is -2.40. The highest BCUT2D eigenvalue weighted by atomic mass is 16.3. The van der Waals surface area contributed by atoms with Gasteiger partial charge in [0, 0.05) is 25.0 Å². The van der Waals surface area contributed by atoms with Crippen molar-refractivity contribution in [2.45, 2.75) is 37.3 Å². The van der Waals surface area contributed by atoms with Crippen molar-refractivity contribution in [1.82, 2.24) is 10.2 Å². The molecule has 25 heavy (non-hydrogen) atoms. The van der Waals surface area contributed by atoms with E-state index in [0.29, 0.717) is 25.1 Å². The van der Waals surface area contributed by atoms with Crippen LogP contribution in [0.5, 0.6) is 0 Å². The van der Waals surface area contributed by atoms with E-state index in [0.717, 1.165) is 30.0 Å². The van der Waals surface area contributed by atoms with Crippen LogP contribution in [0.25, 0.3) is 10.8 Å². The Morgan fingerprint density at radius 2 is 1.80 bits per heavy atom. The summed E-state index contributed by atoms with van der Waals surface area (Å²) in [7, 11) is 0. The fourth-order valence-corrected chi connectivity index (χ4v) is 4.00. The van der Waals surface area contributed by atoms with Crippen molar-refractivity contribution in [3.8, 4) is 0 Å². The first-order valence-electron chi connectivity index (χ1n) is 8.83. The third kappa shape index (κ3) is 3.00. The predicted octanol–water partition coefficient (Wildman–Crippen LogP) is 2.14. The lowest BCUT2D eigenvalue weighted by molar-refractivity contribution is -0.142. The van der Waals surface area contributed by atoms with E-state index in [-0.39, 0.29) is 17.4 Å². The number of carbonyl (C=O) groups excluding carboxylic acids is 2. The highest BCUT2D eigenvalue weighted by Crippen LogP contribution is 2.32. The highest BCUT2D eigenvalue weighted by molar-refractivity contribution is 5.87. The summed E-state index contributed by atoms with van der Waals surface area (Å²) in [5, 5.41) is 15.7. The van der Waals surface area contributed by atoms with Crippen molar-refractivity contribution in [2.75, 3.05) is 13.1 Å². The van der Waals surface area contributed by atoms with Crippen molar-refractivity contribution in [3.05, 3.63) is 48.0 Å². The van der Waals surface area contributed by atoms with Gasteiger partial charge in [-0.25, -0.2) is 0 Å². The monoisotopic (exact) mass is 338 g/mol. The molecule has 2 aromatic rings. The summed E-state index contributed by atoms with van der Waals surface area (Å²) in [6, 6.07) is 13.5. The van der Waals surface area contributed by atoms with Gasteiger partial charge in [-0.1, -0.05) is 36.4 Å². The van der Waals surface area contributed by atoms with Gasteiger partial charge < -0.3 is 15.3 Å². The van der Waals surface area contributed by atoms with E-state index in [1.54, 1.807) is 4.90 Å². The molecular weight excluding hydrogens is 316 g/mol. The maximum Gasteiger partial charge on any atom is 0.256 e. The summed E-state index contributed by atoms with van der Waals surface area (Å²) in [6.45, 7) is 1.15. The number of hydrogen-bond acceptors (Lipinski definition) is 3. The van der Waals surface area contributed by atoms with Gasteiger partial charge in [0.1, 0.15) is 0 Å². The third-order valence-corrected chi connectivity index (χ3v) is 5.59. The number of carbonyl (C=O) groups is 2. The molecule has 0 saturated carbocycles. The van der Waals surface area contributed by atoms with Crippen LogP contribution in [0, 0.1) is 0 Å². The molecule has 2 fully saturated rings. The molecule has 0 aliphatic carbocycles. The molecule has 2 saturated heterocycles. The van der Waals surface area contributed by atoms with E-state index in [9.17, 15) is 14.7 Å². The zero-order valence-corrected chi connectivity index (χ0v) is 14.1. The largest absolute Gasteiger partial charge is 0.378 e. The number of rotatable bonds is 2. The van der Waals surface area contributed by atoms with E-state index in [1.165, 1.54) is 0 Å². The molecule has 2 N–H and O–H groups in total. The summed E-state index contributed by atoms with van der Waals surface area (Å²) in [6.07, 6.45) is 1.80. The van der Waals surface area contributed by atoms with Crippen molar-refractivity contribution in [2.24, 2.45) is 0 Å². The molecule has 4 rings (SSSR count). The predicted molar refractivity (Wildman–Crippen MR) is 94.8 cm³/mol. The lowest BCUT2D eigenvalue weighted by Crippen LogP contribution is -2.52. The molecule has 1 spiro atoms. The van der Waals surface area contributed by atoms with Gasteiger partial charge >= 0.3 is 0 Å². The summed E-state index contributed by atoms with van der Waals surface area (Å²) >= 11 is 0. The summed E-state index contributed by atoms with van der Waals surface area (Å²) in [5.41, 5.74) is 0.486. The number of aliphatic hydroxyl groups excluding tert-OH is 1. The first-order chi connectivity index (χ1) is 12.1. The number of fused-ring (bicyclic) bond motifs is 1. The fourth-order valence-electron chi connectivity index (χ4n) is 4.00. The quantitative estimate of drug-likeness (QED) is 0.881. The Morgan fingerprint density at radius 3 is 2.48 bits per heavy atom. The molecule has 0 radical (unpaired) electrons. The standard InChI is InChI=1S/C20H22N2O3/c23-17-7-8-20(21-17)9-11-22(12-10-20)19(25)18(24)16-6-5-14-3-1-2-4-15(14)13-16/h1-6,13,18,24H,7-12H2,(H,21,23)/t18-/m1/s1. The van der Waals surface area contributed by atoms with Crippen LogP contribution in [-0.4, -0.2) is 40.4 Å². The minimum absolute atomic E-state index is 0.107. The van der Waals surface area contributed by atoms with Gasteiger partial charge in [0.05, 0.1) is 0 Å². The second-order valence-corrected chi connectivity index (χ2v) is 7.16. The van der Waals surface area contributed by atoms with E-state index in [4.69, 9.17) is 0 Å². The minimum atomic E-state index is -1.14. The first-order valence-corrected chi connectivity index (χ1v) is 8.83. The number of hydrogen-bond donors (Lipinski definition) is 2. The van der Waals surface area contributed by atoms with Crippen molar-refractivity contribution in [3.63, 3.8) is 0 Å².